The minimum absolute atomic E-state index is 0.576. The van der Waals surface area contributed by atoms with Gasteiger partial charge in [-0.25, -0.2) is 0 Å². The Balaban J connectivity index is 0.736. The smallest absolute Gasteiger partial charge is 0.0132 e. The Labute approximate surface area is 396 Å². The minimum Gasteiger partial charge on any atom is -0.294 e. The van der Waals surface area contributed by atoms with Gasteiger partial charge in [0.05, 0.1) is 0 Å². The van der Waals surface area contributed by atoms with Gasteiger partial charge in [-0.1, -0.05) is 118 Å². The van der Waals surface area contributed by atoms with E-state index in [1.807, 2.05) is 0 Å². The largest absolute Gasteiger partial charge is 0.294 e. The average Bonchev–Trinajstić information content (AvgIpc) is 3.71. The van der Waals surface area contributed by atoms with E-state index < -0.39 is 0 Å². The van der Waals surface area contributed by atoms with Gasteiger partial charge in [-0.2, -0.15) is 0 Å². The molecule has 0 spiro atoms. The molecule has 362 valence electrons. The molecule has 0 N–H and O–H groups in total. The molecule has 0 aliphatic heterocycles. The number of nitrogens with zero attached hydrogens (tertiary/aromatic N) is 2. The van der Waals surface area contributed by atoms with Gasteiger partial charge in [0, 0.05) is 36.3 Å². The molecule has 0 amide bonds. The van der Waals surface area contributed by atoms with Crippen LogP contribution in [0.4, 0.5) is 0 Å². The summed E-state index contributed by atoms with van der Waals surface area (Å²) < 4.78 is 0. The van der Waals surface area contributed by atoms with Crippen molar-refractivity contribution in [1.82, 2.24) is 9.80 Å². The Kier molecular flexibility index (Phi) is 13.1. The van der Waals surface area contributed by atoms with E-state index in [0.717, 1.165) is 119 Å². The van der Waals surface area contributed by atoms with Crippen LogP contribution in [0, 0.1) is 93.7 Å². The van der Waals surface area contributed by atoms with Crippen LogP contribution < -0.4 is 0 Å². The van der Waals surface area contributed by atoms with Gasteiger partial charge < -0.3 is 0 Å². The molecule has 0 aromatic heterocycles. The van der Waals surface area contributed by atoms with E-state index >= 15 is 0 Å². The van der Waals surface area contributed by atoms with Crippen LogP contribution in [0.15, 0.2) is 0 Å². The quantitative estimate of drug-likeness (QED) is 0.251. The zero-order valence-electron chi connectivity index (χ0n) is 42.9. The third-order valence-electron chi connectivity index (χ3n) is 26.0. The Morgan fingerprint density at radius 3 is 1.00 bits per heavy atom. The second-order valence-electron chi connectivity index (χ2n) is 28.7. The predicted octanol–water partition coefficient (Wildman–Crippen LogP) is 16.7. The average molecular weight is 878 g/mol. The molecule has 2 heteroatoms. The zero-order chi connectivity index (χ0) is 43.2. The summed E-state index contributed by atoms with van der Waals surface area (Å²) in [4.78, 5) is 6.92. The first-order chi connectivity index (χ1) is 31.3. The van der Waals surface area contributed by atoms with Crippen molar-refractivity contribution in [2.45, 2.75) is 295 Å². The van der Waals surface area contributed by atoms with E-state index in [2.05, 4.69) is 37.5 Å². The van der Waals surface area contributed by atoms with Gasteiger partial charge in [0.1, 0.15) is 0 Å². The lowest BCUT2D eigenvalue weighted by molar-refractivity contribution is -0.0621. The third-order valence-corrected chi connectivity index (χ3v) is 26.0. The van der Waals surface area contributed by atoms with E-state index in [0.29, 0.717) is 10.8 Å². The second kappa shape index (κ2) is 18.6. The van der Waals surface area contributed by atoms with Crippen molar-refractivity contribution < 1.29 is 0 Å². The van der Waals surface area contributed by atoms with Gasteiger partial charge in [-0.05, 0) is 235 Å². The highest BCUT2D eigenvalue weighted by Crippen LogP contribution is 2.66. The summed E-state index contributed by atoms with van der Waals surface area (Å²) in [5.41, 5.74) is 1.15. The lowest BCUT2D eigenvalue weighted by Gasteiger charge is -2.56. The first kappa shape index (κ1) is 45.1. The third kappa shape index (κ3) is 7.96. The van der Waals surface area contributed by atoms with Crippen molar-refractivity contribution in [3.8, 4) is 0 Å². The summed E-state index contributed by atoms with van der Waals surface area (Å²) >= 11 is 0. The Hall–Kier alpha value is -0.0800. The normalized spacial score (nSPS) is 51.3. The van der Waals surface area contributed by atoms with Crippen LogP contribution in [-0.4, -0.2) is 46.1 Å². The van der Waals surface area contributed by atoms with Crippen LogP contribution in [0.25, 0.3) is 0 Å². The molecule has 0 aromatic rings. The van der Waals surface area contributed by atoms with Crippen LogP contribution in [0.2, 0.25) is 0 Å². The maximum absolute atomic E-state index is 3.46. The highest BCUT2D eigenvalue weighted by atomic mass is 15.2. The molecule has 0 aromatic carbocycles. The first-order valence-electron chi connectivity index (χ1n) is 30.8. The predicted molar refractivity (Wildman–Crippen MR) is 269 cm³/mol. The summed E-state index contributed by atoms with van der Waals surface area (Å²) in [5.74, 6) is 14.6. The maximum atomic E-state index is 3.46. The summed E-state index contributed by atoms with van der Waals surface area (Å²) in [6.07, 6.45) is 56.0. The van der Waals surface area contributed by atoms with Crippen molar-refractivity contribution in [3.63, 3.8) is 0 Å². The monoisotopic (exact) mass is 877 g/mol. The summed E-state index contributed by atoms with van der Waals surface area (Å²) in [5, 5.41) is 0. The standard InChI is InChI=1S/C62H104N2/c1-61(2)55-23-11-9-21-51(55)53-37-35-47(39-57(53)61)63(59-25-13-17-43-15-5-7-19-49(43)59)45-31-27-41(28-32-45)42-29-33-46(34-30-42)64(60-26-14-18-44-16-6-8-20-50(44)60)48-36-38-54-52-22-10-12-24-56(52)62(3,4)58(54)40-48/h41-60H,5-40H2,1-4H3. The van der Waals surface area contributed by atoms with Gasteiger partial charge in [0.25, 0.3) is 0 Å². The van der Waals surface area contributed by atoms with E-state index in [-0.39, 0.29) is 0 Å². The summed E-state index contributed by atoms with van der Waals surface area (Å²) in [7, 11) is 0. The maximum Gasteiger partial charge on any atom is 0.0132 e. The number of rotatable bonds is 7. The summed E-state index contributed by atoms with van der Waals surface area (Å²) in [6.45, 7) is 11.1. The SMILES string of the molecule is CC1(C)C2CCCCC2C2CCC(N(C3CCC(C4CCC(N(C5CCC6C7CCCCC7C(C)(C)C6C5)C5CCCC6CCCCC65)CC4)CC3)C3CCCC4CCCCC43)CC21. The van der Waals surface area contributed by atoms with Crippen molar-refractivity contribution in [1.29, 1.82) is 0 Å². The molecule has 2 nitrogen and oxygen atoms in total. The lowest BCUT2D eigenvalue weighted by Crippen LogP contribution is -2.58. The van der Waals surface area contributed by atoms with E-state index in [4.69, 9.17) is 0 Å². The van der Waals surface area contributed by atoms with E-state index in [1.54, 1.807) is 167 Å². The molecular formula is C62H104N2. The van der Waals surface area contributed by atoms with Gasteiger partial charge in [0.15, 0.2) is 0 Å². The van der Waals surface area contributed by atoms with Crippen LogP contribution in [0.5, 0.6) is 0 Å². The number of hydrogen-bond donors (Lipinski definition) is 0. The molecule has 12 saturated carbocycles. The Morgan fingerprint density at radius 2 is 0.578 bits per heavy atom. The van der Waals surface area contributed by atoms with Crippen molar-refractivity contribution in [3.05, 3.63) is 0 Å². The van der Waals surface area contributed by atoms with Crippen molar-refractivity contribution in [2.24, 2.45) is 93.7 Å². The fourth-order valence-corrected chi connectivity index (χ4v) is 23.3. The second-order valence-corrected chi connectivity index (χ2v) is 28.7. The van der Waals surface area contributed by atoms with E-state index in [9.17, 15) is 0 Å². The molecule has 12 fully saturated rings. The molecule has 12 aliphatic carbocycles. The molecule has 64 heavy (non-hydrogen) atoms. The molecule has 0 heterocycles. The van der Waals surface area contributed by atoms with Crippen LogP contribution in [-0.2, 0) is 0 Å². The zero-order valence-corrected chi connectivity index (χ0v) is 42.9. The molecule has 12 aliphatic rings. The minimum atomic E-state index is 0.576. The van der Waals surface area contributed by atoms with Gasteiger partial charge >= 0.3 is 0 Å². The van der Waals surface area contributed by atoms with Crippen LogP contribution >= 0.6 is 0 Å². The molecule has 12 rings (SSSR count). The number of hydrogen-bond acceptors (Lipinski definition) is 2. The molecule has 16 unspecified atom stereocenters. The first-order valence-corrected chi connectivity index (χ1v) is 30.8. The Morgan fingerprint density at radius 1 is 0.250 bits per heavy atom. The fourth-order valence-electron chi connectivity index (χ4n) is 23.3. The summed E-state index contributed by atoms with van der Waals surface area (Å²) in [6, 6.07) is 5.44. The Bertz CT molecular complexity index is 1430. The van der Waals surface area contributed by atoms with Gasteiger partial charge in [0.2, 0.25) is 0 Å². The van der Waals surface area contributed by atoms with Crippen LogP contribution in [0.1, 0.15) is 259 Å². The fraction of sp³-hybridized carbons (Fsp3) is 1.00. The molecule has 0 bridgehead atoms. The molecule has 0 saturated heterocycles. The molecule has 0 radical (unpaired) electrons. The lowest BCUT2D eigenvalue weighted by atomic mass is 9.64. The van der Waals surface area contributed by atoms with Crippen molar-refractivity contribution in [2.75, 3.05) is 0 Å². The highest BCUT2D eigenvalue weighted by Gasteiger charge is 2.60. The van der Waals surface area contributed by atoms with Gasteiger partial charge in [-0.3, -0.25) is 9.80 Å². The molecule has 16 atom stereocenters. The highest BCUT2D eigenvalue weighted by molar-refractivity contribution is 5.10. The van der Waals surface area contributed by atoms with Gasteiger partial charge in [-0.15, -0.1) is 0 Å². The van der Waals surface area contributed by atoms with Crippen molar-refractivity contribution >= 4 is 0 Å². The van der Waals surface area contributed by atoms with Crippen LogP contribution in [0.3, 0.4) is 0 Å². The topological polar surface area (TPSA) is 6.48 Å². The number of fused-ring (bicyclic) bond motifs is 8. The molecular weight excluding hydrogens is 773 g/mol. The van der Waals surface area contributed by atoms with E-state index in [1.165, 1.54) is 64.2 Å².